The van der Waals surface area contributed by atoms with Crippen molar-refractivity contribution in [2.75, 3.05) is 7.11 Å². The topological polar surface area (TPSA) is 73.9 Å². The van der Waals surface area contributed by atoms with Gasteiger partial charge in [-0.1, -0.05) is 0 Å². The summed E-state index contributed by atoms with van der Waals surface area (Å²) in [7, 11) is 1.56. The Morgan fingerprint density at radius 1 is 1.40 bits per heavy atom. The SMILES string of the molecule is COc1ccc(O)c(-c2nc(=S)[nH][nH]2)c1. The van der Waals surface area contributed by atoms with Gasteiger partial charge in [0.15, 0.2) is 5.82 Å². The molecule has 0 spiro atoms. The highest BCUT2D eigenvalue weighted by Crippen LogP contribution is 2.29. The van der Waals surface area contributed by atoms with Gasteiger partial charge in [0.1, 0.15) is 11.5 Å². The number of rotatable bonds is 2. The van der Waals surface area contributed by atoms with E-state index >= 15 is 0 Å². The van der Waals surface area contributed by atoms with Crippen molar-refractivity contribution < 1.29 is 9.84 Å². The van der Waals surface area contributed by atoms with E-state index in [0.717, 1.165) is 0 Å². The number of methoxy groups -OCH3 is 1. The average Bonchev–Trinajstić information content (AvgIpc) is 2.65. The highest BCUT2D eigenvalue weighted by molar-refractivity contribution is 7.71. The Labute approximate surface area is 90.7 Å². The van der Waals surface area contributed by atoms with Gasteiger partial charge < -0.3 is 9.84 Å². The zero-order chi connectivity index (χ0) is 10.8. The number of aromatic amines is 2. The van der Waals surface area contributed by atoms with Crippen molar-refractivity contribution in [3.63, 3.8) is 0 Å². The quantitative estimate of drug-likeness (QED) is 0.679. The molecule has 5 nitrogen and oxygen atoms in total. The van der Waals surface area contributed by atoms with E-state index in [1.807, 2.05) is 0 Å². The van der Waals surface area contributed by atoms with Gasteiger partial charge in [-0.05, 0) is 30.4 Å². The van der Waals surface area contributed by atoms with Gasteiger partial charge in [0.25, 0.3) is 0 Å². The highest BCUT2D eigenvalue weighted by Gasteiger charge is 2.08. The number of ether oxygens (including phenoxy) is 1. The zero-order valence-electron chi connectivity index (χ0n) is 7.94. The van der Waals surface area contributed by atoms with Crippen LogP contribution in [0.1, 0.15) is 0 Å². The molecule has 0 aliphatic heterocycles. The first-order valence-corrected chi connectivity index (χ1v) is 4.63. The Balaban J connectivity index is 2.56. The lowest BCUT2D eigenvalue weighted by atomic mass is 10.2. The molecule has 1 aromatic carbocycles. The predicted octanol–water partition coefficient (Wildman–Crippen LogP) is 1.85. The Morgan fingerprint density at radius 3 is 2.80 bits per heavy atom. The van der Waals surface area contributed by atoms with Crippen LogP contribution in [0.4, 0.5) is 0 Å². The minimum Gasteiger partial charge on any atom is -0.507 e. The average molecular weight is 223 g/mol. The van der Waals surface area contributed by atoms with Crippen molar-refractivity contribution in [2.45, 2.75) is 0 Å². The summed E-state index contributed by atoms with van der Waals surface area (Å²) in [5.74, 6) is 1.25. The minimum absolute atomic E-state index is 0.119. The number of phenolic OH excluding ortho intramolecular Hbond substituents is 1. The molecule has 3 N–H and O–H groups in total. The van der Waals surface area contributed by atoms with Crippen molar-refractivity contribution in [3.05, 3.63) is 23.0 Å². The van der Waals surface area contributed by atoms with Crippen LogP contribution in [0.2, 0.25) is 0 Å². The van der Waals surface area contributed by atoms with Gasteiger partial charge in [-0.25, -0.2) is 0 Å². The maximum absolute atomic E-state index is 9.63. The second-order valence-electron chi connectivity index (χ2n) is 2.90. The second kappa shape index (κ2) is 3.74. The molecule has 15 heavy (non-hydrogen) atoms. The number of H-pyrrole nitrogens is 2. The third kappa shape index (κ3) is 1.84. The lowest BCUT2D eigenvalue weighted by Gasteiger charge is -2.03. The molecule has 0 amide bonds. The van der Waals surface area contributed by atoms with Gasteiger partial charge in [0.2, 0.25) is 4.77 Å². The molecular formula is C9H9N3O2S. The van der Waals surface area contributed by atoms with Crippen molar-refractivity contribution in [1.29, 1.82) is 0 Å². The van der Waals surface area contributed by atoms with E-state index in [1.165, 1.54) is 0 Å². The number of nitrogens with zero attached hydrogens (tertiary/aromatic N) is 1. The van der Waals surface area contributed by atoms with E-state index in [1.54, 1.807) is 25.3 Å². The third-order valence-electron chi connectivity index (χ3n) is 1.96. The number of nitrogens with one attached hydrogen (secondary N) is 2. The standard InChI is InChI=1S/C9H9N3O2S/c1-14-5-2-3-7(13)6(4-5)8-10-9(15)12-11-8/h2-4,13H,1H3,(H2,10,11,12,15). The number of hydrogen-bond acceptors (Lipinski definition) is 4. The van der Waals surface area contributed by atoms with Crippen LogP contribution in [0.25, 0.3) is 11.4 Å². The summed E-state index contributed by atoms with van der Waals surface area (Å²) < 4.78 is 5.39. The molecule has 0 saturated heterocycles. The van der Waals surface area contributed by atoms with Crippen LogP contribution in [0, 0.1) is 4.77 Å². The second-order valence-corrected chi connectivity index (χ2v) is 3.29. The Morgan fingerprint density at radius 2 is 2.20 bits per heavy atom. The Bertz CT molecular complexity index is 532. The summed E-state index contributed by atoms with van der Waals surface area (Å²) in [6.07, 6.45) is 0. The number of phenols is 1. The molecule has 0 radical (unpaired) electrons. The number of hydrogen-bond donors (Lipinski definition) is 3. The van der Waals surface area contributed by atoms with Crippen LogP contribution in [0.3, 0.4) is 0 Å². The summed E-state index contributed by atoms with van der Waals surface area (Å²) in [5.41, 5.74) is 0.543. The fraction of sp³-hybridized carbons (Fsp3) is 0.111. The molecule has 0 unspecified atom stereocenters. The number of aromatic hydroxyl groups is 1. The highest BCUT2D eigenvalue weighted by atomic mass is 32.1. The maximum Gasteiger partial charge on any atom is 0.213 e. The van der Waals surface area contributed by atoms with Gasteiger partial charge >= 0.3 is 0 Å². The monoisotopic (exact) mass is 223 g/mol. The van der Waals surface area contributed by atoms with Crippen LogP contribution in [-0.2, 0) is 0 Å². The minimum atomic E-state index is 0.119. The molecule has 0 atom stereocenters. The third-order valence-corrected chi connectivity index (χ3v) is 2.15. The lowest BCUT2D eigenvalue weighted by molar-refractivity contribution is 0.412. The molecule has 1 heterocycles. The maximum atomic E-state index is 9.63. The Kier molecular flexibility index (Phi) is 2.42. The fourth-order valence-corrected chi connectivity index (χ4v) is 1.37. The van der Waals surface area contributed by atoms with E-state index < -0.39 is 0 Å². The molecule has 0 bridgehead atoms. The summed E-state index contributed by atoms with van der Waals surface area (Å²) in [4.78, 5) is 4.01. The molecule has 1 aromatic heterocycles. The molecule has 0 aliphatic rings. The summed E-state index contributed by atoms with van der Waals surface area (Å²) in [6, 6.07) is 4.89. The van der Waals surface area contributed by atoms with Crippen LogP contribution < -0.4 is 4.74 Å². The van der Waals surface area contributed by atoms with E-state index in [4.69, 9.17) is 17.0 Å². The molecule has 6 heteroatoms. The molecule has 0 fully saturated rings. The van der Waals surface area contributed by atoms with Crippen molar-refractivity contribution in [1.82, 2.24) is 15.2 Å². The van der Waals surface area contributed by atoms with E-state index in [-0.39, 0.29) is 5.75 Å². The van der Waals surface area contributed by atoms with E-state index in [2.05, 4.69) is 15.2 Å². The van der Waals surface area contributed by atoms with Crippen LogP contribution >= 0.6 is 12.2 Å². The van der Waals surface area contributed by atoms with E-state index in [9.17, 15) is 5.11 Å². The van der Waals surface area contributed by atoms with Crippen LogP contribution in [-0.4, -0.2) is 27.4 Å². The van der Waals surface area contributed by atoms with Gasteiger partial charge in [0.05, 0.1) is 12.7 Å². The predicted molar refractivity (Wildman–Crippen MR) is 57.4 cm³/mol. The van der Waals surface area contributed by atoms with Crippen molar-refractivity contribution >= 4 is 12.2 Å². The van der Waals surface area contributed by atoms with Crippen LogP contribution in [0.15, 0.2) is 18.2 Å². The first-order valence-electron chi connectivity index (χ1n) is 4.23. The summed E-state index contributed by atoms with van der Waals surface area (Å²) >= 11 is 4.83. The first kappa shape index (κ1) is 9.72. The van der Waals surface area contributed by atoms with E-state index in [0.29, 0.717) is 21.9 Å². The molecule has 78 valence electrons. The lowest BCUT2D eigenvalue weighted by Crippen LogP contribution is -1.86. The van der Waals surface area contributed by atoms with Crippen molar-refractivity contribution in [2.24, 2.45) is 0 Å². The van der Waals surface area contributed by atoms with Crippen LogP contribution in [0.5, 0.6) is 11.5 Å². The molecule has 2 rings (SSSR count). The summed E-state index contributed by atoms with van der Waals surface area (Å²) in [5, 5.41) is 15.0. The number of aromatic nitrogens is 3. The van der Waals surface area contributed by atoms with Gasteiger partial charge in [0, 0.05) is 0 Å². The number of benzene rings is 1. The zero-order valence-corrected chi connectivity index (χ0v) is 8.76. The first-order chi connectivity index (χ1) is 7.20. The van der Waals surface area contributed by atoms with Crippen molar-refractivity contribution in [3.8, 4) is 22.9 Å². The largest absolute Gasteiger partial charge is 0.507 e. The molecule has 2 aromatic rings. The van der Waals surface area contributed by atoms with Gasteiger partial charge in [-0.15, -0.1) is 0 Å². The smallest absolute Gasteiger partial charge is 0.213 e. The summed E-state index contributed by atoms with van der Waals surface area (Å²) in [6.45, 7) is 0. The van der Waals surface area contributed by atoms with Gasteiger partial charge in [-0.3, -0.25) is 10.2 Å². The molecule has 0 saturated carbocycles. The fourth-order valence-electron chi connectivity index (χ4n) is 1.23. The Hall–Kier alpha value is -1.82. The molecule has 0 aliphatic carbocycles. The van der Waals surface area contributed by atoms with Gasteiger partial charge in [-0.2, -0.15) is 4.98 Å². The molecular weight excluding hydrogens is 214 g/mol. The normalized spacial score (nSPS) is 10.2.